The lowest BCUT2D eigenvalue weighted by molar-refractivity contribution is 0.0697. The van der Waals surface area contributed by atoms with Crippen LogP contribution in [0.5, 0.6) is 0 Å². The van der Waals surface area contributed by atoms with Gasteiger partial charge in [0.05, 0.1) is 11.3 Å². The van der Waals surface area contributed by atoms with Gasteiger partial charge < -0.3 is 5.11 Å². The molecule has 0 amide bonds. The van der Waals surface area contributed by atoms with Crippen LogP contribution in [0.1, 0.15) is 15.9 Å². The summed E-state index contributed by atoms with van der Waals surface area (Å²) in [6.45, 7) is 1.86. The van der Waals surface area contributed by atoms with Gasteiger partial charge in [-0.3, -0.25) is 4.55 Å². The zero-order chi connectivity index (χ0) is 17.4. The van der Waals surface area contributed by atoms with E-state index >= 15 is 0 Å². The summed E-state index contributed by atoms with van der Waals surface area (Å²) in [5.74, 6) is -1.05. The smallest absolute Gasteiger partial charge is 0.335 e. The Kier molecular flexibility index (Phi) is 4.60. The Morgan fingerprint density at radius 1 is 1.21 bits per heavy atom. The van der Waals surface area contributed by atoms with Gasteiger partial charge in [-0.15, -0.1) is 11.3 Å². The maximum atomic E-state index is 11.9. The molecular weight excluding hydrogens is 370 g/mol. The number of carbonyl (C=O) groups is 1. The van der Waals surface area contributed by atoms with Crippen LogP contribution >= 0.6 is 22.9 Å². The molecule has 5 nitrogen and oxygen atoms in total. The number of rotatable bonds is 4. The number of thiophene rings is 1. The number of fused-ring (bicyclic) bond motifs is 1. The van der Waals surface area contributed by atoms with E-state index in [4.69, 9.17) is 16.7 Å². The molecule has 0 aliphatic rings. The van der Waals surface area contributed by atoms with Gasteiger partial charge in [0.25, 0.3) is 11.3 Å². The summed E-state index contributed by atoms with van der Waals surface area (Å²) >= 11 is 5.10. The van der Waals surface area contributed by atoms with Crippen molar-refractivity contribution in [3.63, 3.8) is 0 Å². The van der Waals surface area contributed by atoms with Crippen molar-refractivity contribution in [2.45, 2.75) is 6.92 Å². The molecule has 0 spiro atoms. The summed E-state index contributed by atoms with van der Waals surface area (Å²) in [7, 11) is 0. The molecular formula is C16H12ClNO4S2. The topological polar surface area (TPSA) is 77.8 Å². The zero-order valence-electron chi connectivity index (χ0n) is 12.4. The maximum Gasteiger partial charge on any atom is 0.335 e. The molecule has 8 heteroatoms. The summed E-state index contributed by atoms with van der Waals surface area (Å²) in [5, 5.41) is 11.1. The monoisotopic (exact) mass is 381 g/mol. The van der Waals surface area contributed by atoms with Crippen molar-refractivity contribution in [3.05, 3.63) is 58.6 Å². The van der Waals surface area contributed by atoms with Crippen LogP contribution in [0.3, 0.4) is 0 Å². The molecule has 3 rings (SSSR count). The fourth-order valence-corrected chi connectivity index (χ4v) is 4.57. The third kappa shape index (κ3) is 3.03. The van der Waals surface area contributed by atoms with Crippen molar-refractivity contribution in [3.8, 4) is 0 Å². The number of halogens is 1. The van der Waals surface area contributed by atoms with Crippen LogP contribution in [0.2, 0.25) is 5.02 Å². The minimum atomic E-state index is -2.30. The molecule has 124 valence electrons. The quantitative estimate of drug-likeness (QED) is 0.634. The second kappa shape index (κ2) is 6.52. The van der Waals surface area contributed by atoms with Crippen LogP contribution in [0.15, 0.2) is 42.5 Å². The first-order valence-electron chi connectivity index (χ1n) is 6.81. The fraction of sp³-hybridized carbons (Fsp3) is 0.0625. The number of hydrogen-bond donors (Lipinski definition) is 2. The number of benzene rings is 2. The molecule has 0 saturated heterocycles. The minimum absolute atomic E-state index is 0.113. The highest BCUT2D eigenvalue weighted by Crippen LogP contribution is 2.42. The van der Waals surface area contributed by atoms with Crippen LogP contribution in [0.4, 0.5) is 10.7 Å². The molecule has 2 aromatic carbocycles. The van der Waals surface area contributed by atoms with Gasteiger partial charge in [-0.1, -0.05) is 11.6 Å². The van der Waals surface area contributed by atoms with Crippen LogP contribution in [-0.2, 0) is 11.3 Å². The lowest BCUT2D eigenvalue weighted by atomic mass is 10.2. The maximum absolute atomic E-state index is 11.9. The number of carboxylic acid groups (broad SMARTS) is 1. The highest BCUT2D eigenvalue weighted by Gasteiger charge is 2.21. The van der Waals surface area contributed by atoms with Gasteiger partial charge in [0.2, 0.25) is 0 Å². The highest BCUT2D eigenvalue weighted by atomic mass is 35.5. The molecule has 24 heavy (non-hydrogen) atoms. The molecule has 1 atom stereocenters. The number of aryl methyl sites for hydroxylation is 1. The first kappa shape index (κ1) is 16.9. The zero-order valence-corrected chi connectivity index (χ0v) is 14.8. The van der Waals surface area contributed by atoms with Crippen molar-refractivity contribution >= 4 is 60.9 Å². The number of nitrogens with zero attached hydrogens (tertiary/aromatic N) is 1. The van der Waals surface area contributed by atoms with E-state index in [9.17, 15) is 13.6 Å². The Bertz CT molecular complexity index is 953. The van der Waals surface area contributed by atoms with Gasteiger partial charge in [0, 0.05) is 9.72 Å². The third-order valence-corrected chi connectivity index (χ3v) is 5.88. The van der Waals surface area contributed by atoms with E-state index in [0.717, 1.165) is 15.6 Å². The molecule has 2 N–H and O–H groups in total. The van der Waals surface area contributed by atoms with Gasteiger partial charge in [-0.05, 0) is 60.3 Å². The third-order valence-electron chi connectivity index (χ3n) is 3.56. The highest BCUT2D eigenvalue weighted by molar-refractivity contribution is 7.81. The van der Waals surface area contributed by atoms with Crippen molar-refractivity contribution in [2.75, 3.05) is 4.31 Å². The molecule has 0 fully saturated rings. The summed E-state index contributed by atoms with van der Waals surface area (Å²) < 4.78 is 23.9. The SMILES string of the molecule is Cc1c(N(c2ccc(C(=O)O)cc2)S(=O)O)sc2ccc(Cl)cc12. The molecule has 0 radical (unpaired) electrons. The van der Waals surface area contributed by atoms with Gasteiger partial charge in [-0.2, -0.15) is 0 Å². The van der Waals surface area contributed by atoms with E-state index in [0.29, 0.717) is 15.7 Å². The predicted octanol–water partition coefficient (Wildman–Crippen LogP) is 4.84. The standard InChI is InChI=1S/C16H12ClNO4S2/c1-9-13-8-11(17)4-7-14(13)23-15(9)18(24(21)22)12-5-2-10(3-6-12)16(19)20/h2-8H,1H3,(H,19,20)(H,21,22). The van der Waals surface area contributed by atoms with Crippen molar-refractivity contribution in [2.24, 2.45) is 0 Å². The Morgan fingerprint density at radius 3 is 2.46 bits per heavy atom. The van der Waals surface area contributed by atoms with E-state index in [-0.39, 0.29) is 5.56 Å². The molecule has 3 aromatic rings. The molecule has 1 unspecified atom stereocenters. The molecule has 1 heterocycles. The summed E-state index contributed by atoms with van der Waals surface area (Å²) in [5.41, 5.74) is 1.38. The summed E-state index contributed by atoms with van der Waals surface area (Å²) in [4.78, 5) is 11.0. The van der Waals surface area contributed by atoms with Crippen molar-refractivity contribution in [1.82, 2.24) is 0 Å². The van der Waals surface area contributed by atoms with E-state index in [1.165, 1.54) is 39.9 Å². The molecule has 1 aromatic heterocycles. The predicted molar refractivity (Wildman–Crippen MR) is 97.9 cm³/mol. The Morgan fingerprint density at radius 2 is 1.88 bits per heavy atom. The number of aromatic carboxylic acids is 1. The summed E-state index contributed by atoms with van der Waals surface area (Å²) in [6.07, 6.45) is 0. The molecule has 0 aliphatic heterocycles. The Balaban J connectivity index is 2.13. The number of carboxylic acids is 1. The Hall–Kier alpha value is -1.93. The normalized spacial score (nSPS) is 12.3. The van der Waals surface area contributed by atoms with Gasteiger partial charge in [-0.25, -0.2) is 13.3 Å². The van der Waals surface area contributed by atoms with E-state index in [2.05, 4.69) is 0 Å². The average Bonchev–Trinajstić information content (AvgIpc) is 2.84. The first-order chi connectivity index (χ1) is 11.4. The van der Waals surface area contributed by atoms with E-state index in [1.54, 1.807) is 6.07 Å². The van der Waals surface area contributed by atoms with Gasteiger partial charge in [0.15, 0.2) is 0 Å². The lowest BCUT2D eigenvalue weighted by Crippen LogP contribution is -2.19. The fourth-order valence-electron chi connectivity index (χ4n) is 2.39. The van der Waals surface area contributed by atoms with Crippen LogP contribution < -0.4 is 4.31 Å². The number of hydrogen-bond acceptors (Lipinski definition) is 3. The van der Waals surface area contributed by atoms with Crippen LogP contribution in [0, 0.1) is 6.92 Å². The Labute approximate surface area is 149 Å². The largest absolute Gasteiger partial charge is 0.478 e. The second-order valence-electron chi connectivity index (χ2n) is 5.05. The average molecular weight is 382 g/mol. The van der Waals surface area contributed by atoms with Crippen molar-refractivity contribution in [1.29, 1.82) is 0 Å². The lowest BCUT2D eigenvalue weighted by Gasteiger charge is -2.19. The summed E-state index contributed by atoms with van der Waals surface area (Å²) in [6, 6.07) is 11.3. The molecule has 0 aliphatic carbocycles. The molecule has 0 bridgehead atoms. The minimum Gasteiger partial charge on any atom is -0.478 e. The van der Waals surface area contributed by atoms with Crippen LogP contribution in [-0.4, -0.2) is 19.8 Å². The number of anilines is 2. The van der Waals surface area contributed by atoms with Crippen molar-refractivity contribution < 1.29 is 18.7 Å². The van der Waals surface area contributed by atoms with Crippen LogP contribution in [0.25, 0.3) is 10.1 Å². The van der Waals surface area contributed by atoms with Gasteiger partial charge in [0.1, 0.15) is 5.00 Å². The molecule has 0 saturated carbocycles. The van der Waals surface area contributed by atoms with Gasteiger partial charge >= 0.3 is 5.97 Å². The van der Waals surface area contributed by atoms with E-state index in [1.807, 2.05) is 19.1 Å². The van der Waals surface area contributed by atoms with E-state index < -0.39 is 17.2 Å². The second-order valence-corrected chi connectivity index (χ2v) is 7.34. The first-order valence-corrected chi connectivity index (χ1v) is 9.07.